The molecule has 1 aromatic rings. The van der Waals surface area contributed by atoms with E-state index in [2.05, 4.69) is 14.7 Å². The topological polar surface area (TPSA) is 56.3 Å². The van der Waals surface area contributed by atoms with Gasteiger partial charge in [0.2, 0.25) is 11.0 Å². The number of aromatic nitrogens is 2. The zero-order valence-corrected chi connectivity index (χ0v) is 10.1. The minimum Gasteiger partial charge on any atom is -0.382 e. The smallest absolute Gasteiger partial charge is 0.382 e. The first-order valence-corrected chi connectivity index (χ1v) is 5.41. The molecule has 0 fully saturated rings. The summed E-state index contributed by atoms with van der Waals surface area (Å²) < 4.78 is 49.7. The van der Waals surface area contributed by atoms with Crippen LogP contribution in [0.5, 0.6) is 0 Å². The molecule has 0 amide bonds. The molecular weight excluding hydrogens is 259 g/mol. The highest BCUT2D eigenvalue weighted by Crippen LogP contribution is 2.28. The molecule has 0 aliphatic carbocycles. The third kappa shape index (κ3) is 4.44. The molecule has 1 heterocycles. The van der Waals surface area contributed by atoms with E-state index in [0.717, 1.165) is 0 Å². The number of hydrogen-bond donors (Lipinski definition) is 1. The number of nitrogens with one attached hydrogen (secondary N) is 1. The fourth-order valence-corrected chi connectivity index (χ4v) is 1.60. The number of methoxy groups -OCH3 is 2. The summed E-state index contributed by atoms with van der Waals surface area (Å²) in [6, 6.07) is 0. The van der Waals surface area contributed by atoms with E-state index < -0.39 is 12.0 Å². The maximum atomic E-state index is 12.2. The quantitative estimate of drug-likeness (QED) is 0.852. The van der Waals surface area contributed by atoms with Crippen LogP contribution in [-0.4, -0.2) is 42.8 Å². The van der Waals surface area contributed by atoms with Crippen molar-refractivity contribution in [2.45, 2.75) is 12.3 Å². The first-order valence-electron chi connectivity index (χ1n) is 4.64. The molecule has 0 aliphatic heterocycles. The van der Waals surface area contributed by atoms with Crippen LogP contribution >= 0.6 is 11.5 Å². The molecule has 0 spiro atoms. The standard InChI is InChI=1S/C8H12F3N3O2S/c1-15-4-5(16-2)3-12-7-13-6(14-17-7)8(9,10)11/h5H,3-4H2,1-2H3,(H,12,13,14). The van der Waals surface area contributed by atoms with E-state index in [1.807, 2.05) is 0 Å². The molecule has 0 aliphatic rings. The summed E-state index contributed by atoms with van der Waals surface area (Å²) in [6.45, 7) is 0.644. The highest BCUT2D eigenvalue weighted by Gasteiger charge is 2.36. The van der Waals surface area contributed by atoms with Crippen molar-refractivity contribution >= 4 is 16.7 Å². The third-order valence-corrected chi connectivity index (χ3v) is 2.52. The van der Waals surface area contributed by atoms with Crippen LogP contribution in [0.25, 0.3) is 0 Å². The molecule has 0 aromatic carbocycles. The number of ether oxygens (including phenoxy) is 2. The molecule has 0 bridgehead atoms. The van der Waals surface area contributed by atoms with Gasteiger partial charge in [-0.05, 0) is 0 Å². The van der Waals surface area contributed by atoms with Crippen LogP contribution in [0.15, 0.2) is 0 Å². The second-order valence-electron chi connectivity index (χ2n) is 3.11. The van der Waals surface area contributed by atoms with Gasteiger partial charge in [-0.1, -0.05) is 0 Å². The Bertz CT molecular complexity index is 345. The Labute approximate surface area is 100 Å². The Hall–Kier alpha value is -0.930. The molecule has 1 N–H and O–H groups in total. The molecule has 0 saturated heterocycles. The largest absolute Gasteiger partial charge is 0.452 e. The van der Waals surface area contributed by atoms with Crippen molar-refractivity contribution in [2.24, 2.45) is 0 Å². The molecule has 0 saturated carbocycles. The number of anilines is 1. The zero-order valence-electron chi connectivity index (χ0n) is 9.24. The Morgan fingerprint density at radius 2 is 2.12 bits per heavy atom. The van der Waals surface area contributed by atoms with Crippen molar-refractivity contribution in [3.8, 4) is 0 Å². The average molecular weight is 271 g/mol. The Morgan fingerprint density at radius 1 is 1.41 bits per heavy atom. The monoisotopic (exact) mass is 271 g/mol. The van der Waals surface area contributed by atoms with Crippen LogP contribution in [-0.2, 0) is 15.7 Å². The predicted molar refractivity (Wildman–Crippen MR) is 56.1 cm³/mol. The van der Waals surface area contributed by atoms with Crippen LogP contribution in [0.3, 0.4) is 0 Å². The minimum atomic E-state index is -4.51. The van der Waals surface area contributed by atoms with E-state index in [0.29, 0.717) is 24.7 Å². The maximum absolute atomic E-state index is 12.2. The molecule has 17 heavy (non-hydrogen) atoms. The van der Waals surface area contributed by atoms with E-state index in [-0.39, 0.29) is 11.2 Å². The zero-order chi connectivity index (χ0) is 12.9. The summed E-state index contributed by atoms with van der Waals surface area (Å²) in [5.74, 6) is -1.13. The Morgan fingerprint density at radius 3 is 2.59 bits per heavy atom. The van der Waals surface area contributed by atoms with Gasteiger partial charge in [-0.25, -0.2) is 0 Å². The van der Waals surface area contributed by atoms with Crippen molar-refractivity contribution < 1.29 is 22.6 Å². The molecule has 1 rings (SSSR count). The summed E-state index contributed by atoms with van der Waals surface area (Å²) in [4.78, 5) is 3.32. The van der Waals surface area contributed by atoms with Crippen LogP contribution in [0.4, 0.5) is 18.3 Å². The van der Waals surface area contributed by atoms with Gasteiger partial charge in [0.05, 0.1) is 12.7 Å². The lowest BCUT2D eigenvalue weighted by atomic mass is 10.4. The molecule has 1 aromatic heterocycles. The molecular formula is C8H12F3N3O2S. The van der Waals surface area contributed by atoms with Crippen LogP contribution in [0.2, 0.25) is 0 Å². The van der Waals surface area contributed by atoms with Crippen molar-refractivity contribution in [3.63, 3.8) is 0 Å². The Kier molecular flexibility index (Phi) is 5.09. The molecule has 0 radical (unpaired) electrons. The van der Waals surface area contributed by atoms with E-state index in [1.165, 1.54) is 14.2 Å². The summed E-state index contributed by atoms with van der Waals surface area (Å²) >= 11 is 0.658. The normalized spacial score (nSPS) is 13.7. The number of nitrogens with zero attached hydrogens (tertiary/aromatic N) is 2. The second-order valence-corrected chi connectivity index (χ2v) is 3.87. The van der Waals surface area contributed by atoms with Crippen molar-refractivity contribution in [3.05, 3.63) is 5.82 Å². The highest BCUT2D eigenvalue weighted by atomic mass is 32.1. The van der Waals surface area contributed by atoms with E-state index in [4.69, 9.17) is 9.47 Å². The van der Waals surface area contributed by atoms with Gasteiger partial charge in [-0.3, -0.25) is 0 Å². The summed E-state index contributed by atoms with van der Waals surface area (Å²) in [6.07, 6.45) is -4.76. The lowest BCUT2D eigenvalue weighted by molar-refractivity contribution is -0.144. The molecule has 9 heteroatoms. The second kappa shape index (κ2) is 6.12. The first kappa shape index (κ1) is 14.1. The fourth-order valence-electron chi connectivity index (χ4n) is 1.01. The molecule has 98 valence electrons. The fraction of sp³-hybridized carbons (Fsp3) is 0.750. The molecule has 1 atom stereocenters. The highest BCUT2D eigenvalue weighted by molar-refractivity contribution is 7.09. The Balaban J connectivity index is 2.49. The van der Waals surface area contributed by atoms with E-state index in [9.17, 15) is 13.2 Å². The summed E-state index contributed by atoms with van der Waals surface area (Å²) in [5, 5.41) is 2.82. The molecule has 5 nitrogen and oxygen atoms in total. The van der Waals surface area contributed by atoms with Gasteiger partial charge in [0.25, 0.3) is 0 Å². The predicted octanol–water partition coefficient (Wildman–Crippen LogP) is 1.63. The van der Waals surface area contributed by atoms with Crippen LogP contribution < -0.4 is 5.32 Å². The average Bonchev–Trinajstić information content (AvgIpc) is 2.72. The van der Waals surface area contributed by atoms with Gasteiger partial charge in [0.15, 0.2) is 0 Å². The van der Waals surface area contributed by atoms with Gasteiger partial charge in [-0.15, -0.1) is 0 Å². The van der Waals surface area contributed by atoms with Gasteiger partial charge in [-0.2, -0.15) is 22.5 Å². The number of alkyl halides is 3. The van der Waals surface area contributed by atoms with Crippen molar-refractivity contribution in [1.82, 2.24) is 9.36 Å². The number of rotatable bonds is 6. The van der Waals surface area contributed by atoms with E-state index >= 15 is 0 Å². The van der Waals surface area contributed by atoms with Crippen molar-refractivity contribution in [1.29, 1.82) is 0 Å². The minimum absolute atomic E-state index is 0.107. The van der Waals surface area contributed by atoms with E-state index in [1.54, 1.807) is 0 Å². The van der Waals surface area contributed by atoms with Crippen LogP contribution in [0, 0.1) is 0 Å². The summed E-state index contributed by atoms with van der Waals surface area (Å²) in [5.41, 5.74) is 0. The van der Waals surface area contributed by atoms with Crippen LogP contribution in [0.1, 0.15) is 5.82 Å². The van der Waals surface area contributed by atoms with Crippen molar-refractivity contribution in [2.75, 3.05) is 32.7 Å². The van der Waals surface area contributed by atoms with Gasteiger partial charge in [0, 0.05) is 32.3 Å². The first-order chi connectivity index (χ1) is 7.97. The van der Waals surface area contributed by atoms with Gasteiger partial charge in [0.1, 0.15) is 0 Å². The van der Waals surface area contributed by atoms with Gasteiger partial charge < -0.3 is 14.8 Å². The summed E-state index contributed by atoms with van der Waals surface area (Å²) in [7, 11) is 3.01. The SMILES string of the molecule is COCC(CNc1nc(C(F)(F)F)ns1)OC. The third-order valence-electron chi connectivity index (χ3n) is 1.85. The maximum Gasteiger partial charge on any atom is 0.452 e. The van der Waals surface area contributed by atoms with Gasteiger partial charge >= 0.3 is 6.18 Å². The lowest BCUT2D eigenvalue weighted by Crippen LogP contribution is -2.26. The number of hydrogen-bond acceptors (Lipinski definition) is 6. The lowest BCUT2D eigenvalue weighted by Gasteiger charge is -2.13. The number of halogens is 3. The molecule has 1 unspecified atom stereocenters.